The van der Waals surface area contributed by atoms with E-state index in [1.54, 1.807) is 4.90 Å². The Morgan fingerprint density at radius 2 is 2.05 bits per heavy atom. The number of fused-ring (bicyclic) bond motifs is 2. The molecule has 4 rings (SSSR count). The van der Waals surface area contributed by atoms with Gasteiger partial charge in [0.25, 0.3) is 5.91 Å². The van der Waals surface area contributed by atoms with Crippen LogP contribution in [0.25, 0.3) is 10.9 Å². The third-order valence-electron chi connectivity index (χ3n) is 4.53. The molecule has 0 saturated carbocycles. The molecule has 1 aromatic carbocycles. The zero-order valence-electron chi connectivity index (χ0n) is 11.9. The highest BCUT2D eigenvalue weighted by Gasteiger charge is 2.43. The number of anilines is 1. The molecule has 2 saturated heterocycles. The van der Waals surface area contributed by atoms with Crippen LogP contribution in [0.2, 0.25) is 0 Å². The van der Waals surface area contributed by atoms with Crippen molar-refractivity contribution in [3.63, 3.8) is 0 Å². The maximum Gasteiger partial charge on any atom is 0.251 e. The number of H-pyrrole nitrogens is 1. The van der Waals surface area contributed by atoms with Gasteiger partial charge in [-0.05, 0) is 18.9 Å². The van der Waals surface area contributed by atoms with Crippen molar-refractivity contribution in [3.05, 3.63) is 29.8 Å². The lowest BCUT2D eigenvalue weighted by Gasteiger charge is -2.35. The van der Waals surface area contributed by atoms with E-state index in [2.05, 4.69) is 4.98 Å². The standard InChI is InChI=1S/C16H15N3O3/c20-9-11-10-4-1-2-5-12(10)17-15(11)19-8-14(21)18-7-3-6-13(18)16(19)22/h1-2,4-5,9,13,17H,3,6-8H2/t13-/m0/s1. The molecule has 2 amide bonds. The number of nitrogens with one attached hydrogen (secondary N) is 1. The van der Waals surface area contributed by atoms with Gasteiger partial charge in [-0.2, -0.15) is 0 Å². The van der Waals surface area contributed by atoms with E-state index in [1.807, 2.05) is 24.3 Å². The first-order chi connectivity index (χ1) is 10.7. The summed E-state index contributed by atoms with van der Waals surface area (Å²) in [5.41, 5.74) is 1.22. The van der Waals surface area contributed by atoms with Crippen molar-refractivity contribution in [2.75, 3.05) is 18.0 Å². The van der Waals surface area contributed by atoms with Crippen LogP contribution < -0.4 is 4.90 Å². The fourth-order valence-corrected chi connectivity index (χ4v) is 3.48. The molecule has 1 atom stereocenters. The van der Waals surface area contributed by atoms with Crippen LogP contribution in [0.4, 0.5) is 5.82 Å². The molecule has 0 radical (unpaired) electrons. The highest BCUT2D eigenvalue weighted by Crippen LogP contribution is 2.32. The minimum Gasteiger partial charge on any atom is -0.340 e. The third-order valence-corrected chi connectivity index (χ3v) is 4.53. The number of hydrogen-bond donors (Lipinski definition) is 1. The fourth-order valence-electron chi connectivity index (χ4n) is 3.48. The second kappa shape index (κ2) is 4.69. The van der Waals surface area contributed by atoms with Gasteiger partial charge in [-0.1, -0.05) is 18.2 Å². The van der Waals surface area contributed by atoms with E-state index >= 15 is 0 Å². The van der Waals surface area contributed by atoms with Crippen LogP contribution in [0.3, 0.4) is 0 Å². The fraction of sp³-hybridized carbons (Fsp3) is 0.312. The van der Waals surface area contributed by atoms with Crippen LogP contribution in [0, 0.1) is 0 Å². The highest BCUT2D eigenvalue weighted by molar-refractivity contribution is 6.12. The lowest BCUT2D eigenvalue weighted by molar-refractivity contribution is -0.140. The molecule has 2 aromatic rings. The number of carbonyl (C=O) groups is 3. The minimum absolute atomic E-state index is 0.0109. The lowest BCUT2D eigenvalue weighted by atomic mass is 10.1. The van der Waals surface area contributed by atoms with Crippen molar-refractivity contribution in [2.45, 2.75) is 18.9 Å². The predicted octanol–water partition coefficient (Wildman–Crippen LogP) is 1.32. The third kappa shape index (κ3) is 1.70. The number of piperazine rings is 1. The summed E-state index contributed by atoms with van der Waals surface area (Å²) < 4.78 is 0. The summed E-state index contributed by atoms with van der Waals surface area (Å²) in [6.07, 6.45) is 2.29. The molecule has 2 aliphatic rings. The molecule has 1 aromatic heterocycles. The summed E-state index contributed by atoms with van der Waals surface area (Å²) in [5.74, 6) is 0.269. The Hall–Kier alpha value is -2.63. The molecule has 0 unspecified atom stereocenters. The molecule has 22 heavy (non-hydrogen) atoms. The molecule has 6 nitrogen and oxygen atoms in total. The lowest BCUT2D eigenvalue weighted by Crippen LogP contribution is -2.57. The molecule has 3 heterocycles. The van der Waals surface area contributed by atoms with E-state index in [1.165, 1.54) is 4.90 Å². The molecule has 0 aliphatic carbocycles. The van der Waals surface area contributed by atoms with E-state index in [-0.39, 0.29) is 24.4 Å². The molecule has 2 fully saturated rings. The van der Waals surface area contributed by atoms with Crippen molar-refractivity contribution in [1.82, 2.24) is 9.88 Å². The number of aldehydes is 1. The normalized spacial score (nSPS) is 21.5. The number of rotatable bonds is 2. The van der Waals surface area contributed by atoms with Gasteiger partial charge in [0, 0.05) is 17.4 Å². The van der Waals surface area contributed by atoms with Gasteiger partial charge in [0.1, 0.15) is 18.4 Å². The van der Waals surface area contributed by atoms with Crippen LogP contribution in [0.15, 0.2) is 24.3 Å². The Labute approximate surface area is 126 Å². The van der Waals surface area contributed by atoms with Crippen molar-refractivity contribution in [2.24, 2.45) is 0 Å². The minimum atomic E-state index is -0.382. The average Bonchev–Trinajstić information content (AvgIpc) is 3.15. The first-order valence-electron chi connectivity index (χ1n) is 7.37. The highest BCUT2D eigenvalue weighted by atomic mass is 16.2. The smallest absolute Gasteiger partial charge is 0.251 e. The van der Waals surface area contributed by atoms with Gasteiger partial charge < -0.3 is 9.88 Å². The van der Waals surface area contributed by atoms with Crippen LogP contribution in [-0.2, 0) is 9.59 Å². The number of benzene rings is 1. The summed E-state index contributed by atoms with van der Waals surface area (Å²) in [6.45, 7) is 0.638. The zero-order chi connectivity index (χ0) is 15.3. The van der Waals surface area contributed by atoms with Crippen molar-refractivity contribution >= 4 is 34.8 Å². The molecular formula is C16H15N3O3. The Kier molecular flexibility index (Phi) is 2.79. The second-order valence-electron chi connectivity index (χ2n) is 5.72. The second-order valence-corrected chi connectivity index (χ2v) is 5.72. The van der Waals surface area contributed by atoms with Crippen LogP contribution in [0.5, 0.6) is 0 Å². The maximum atomic E-state index is 12.7. The summed E-state index contributed by atoms with van der Waals surface area (Å²) in [6, 6.07) is 7.00. The van der Waals surface area contributed by atoms with Gasteiger partial charge in [0.05, 0.1) is 5.56 Å². The van der Waals surface area contributed by atoms with E-state index in [0.29, 0.717) is 24.3 Å². The topological polar surface area (TPSA) is 73.5 Å². The van der Waals surface area contributed by atoms with Gasteiger partial charge in [0.15, 0.2) is 6.29 Å². The Bertz CT molecular complexity index is 795. The zero-order valence-corrected chi connectivity index (χ0v) is 11.9. The van der Waals surface area contributed by atoms with Crippen LogP contribution >= 0.6 is 0 Å². The Morgan fingerprint density at radius 1 is 1.23 bits per heavy atom. The number of carbonyl (C=O) groups excluding carboxylic acids is 3. The van der Waals surface area contributed by atoms with Crippen LogP contribution in [0.1, 0.15) is 23.2 Å². The van der Waals surface area contributed by atoms with Gasteiger partial charge in [-0.25, -0.2) is 0 Å². The van der Waals surface area contributed by atoms with E-state index in [9.17, 15) is 14.4 Å². The number of aromatic nitrogens is 1. The molecule has 112 valence electrons. The Morgan fingerprint density at radius 3 is 2.86 bits per heavy atom. The quantitative estimate of drug-likeness (QED) is 0.850. The van der Waals surface area contributed by atoms with E-state index < -0.39 is 0 Å². The van der Waals surface area contributed by atoms with Gasteiger partial charge in [-0.15, -0.1) is 0 Å². The Balaban J connectivity index is 1.83. The van der Waals surface area contributed by atoms with Crippen LogP contribution in [-0.4, -0.2) is 47.1 Å². The van der Waals surface area contributed by atoms with E-state index in [4.69, 9.17) is 0 Å². The van der Waals surface area contributed by atoms with E-state index in [0.717, 1.165) is 23.6 Å². The molecular weight excluding hydrogens is 282 g/mol. The summed E-state index contributed by atoms with van der Waals surface area (Å²) in [4.78, 5) is 42.7. The van der Waals surface area contributed by atoms with Gasteiger partial charge >= 0.3 is 0 Å². The summed E-state index contributed by atoms with van der Waals surface area (Å²) in [7, 11) is 0. The molecule has 6 heteroatoms. The van der Waals surface area contributed by atoms with Crippen molar-refractivity contribution in [3.8, 4) is 0 Å². The largest absolute Gasteiger partial charge is 0.340 e. The number of aromatic amines is 1. The number of hydrogen-bond acceptors (Lipinski definition) is 3. The average molecular weight is 297 g/mol. The van der Waals surface area contributed by atoms with Crippen molar-refractivity contribution in [1.29, 1.82) is 0 Å². The molecule has 0 bridgehead atoms. The number of amides is 2. The predicted molar refractivity (Wildman–Crippen MR) is 80.8 cm³/mol. The molecule has 0 spiro atoms. The summed E-state index contributed by atoms with van der Waals surface area (Å²) >= 11 is 0. The number of nitrogens with zero attached hydrogens (tertiary/aromatic N) is 2. The number of para-hydroxylation sites is 1. The monoisotopic (exact) mass is 297 g/mol. The van der Waals surface area contributed by atoms with Gasteiger partial charge in [-0.3, -0.25) is 19.3 Å². The molecule has 2 aliphatic heterocycles. The molecule has 1 N–H and O–H groups in total. The maximum absolute atomic E-state index is 12.7. The first-order valence-corrected chi connectivity index (χ1v) is 7.37. The first kappa shape index (κ1) is 13.1. The van der Waals surface area contributed by atoms with Crippen molar-refractivity contribution < 1.29 is 14.4 Å². The summed E-state index contributed by atoms with van der Waals surface area (Å²) in [5, 5.41) is 0.765. The van der Waals surface area contributed by atoms with Gasteiger partial charge in [0.2, 0.25) is 5.91 Å². The SMILES string of the molecule is O=Cc1c(N2CC(=O)N3CCC[C@H]3C2=O)[nH]c2ccccc12.